The van der Waals surface area contributed by atoms with Gasteiger partial charge in [-0.2, -0.15) is 0 Å². The van der Waals surface area contributed by atoms with Crippen LogP contribution in [0, 0.1) is 0 Å². The Bertz CT molecular complexity index is 1670. The van der Waals surface area contributed by atoms with Crippen LogP contribution in [0.15, 0.2) is 61.9 Å². The van der Waals surface area contributed by atoms with Crippen molar-refractivity contribution in [3.63, 3.8) is 0 Å². The summed E-state index contributed by atoms with van der Waals surface area (Å²) in [5, 5.41) is 5.43. The molecule has 2 aromatic heterocycles. The number of aromatic nitrogens is 4. The summed E-state index contributed by atoms with van der Waals surface area (Å²) in [6, 6.07) is 7.89. The Labute approximate surface area is 273 Å². The van der Waals surface area contributed by atoms with E-state index in [1.54, 1.807) is 24.3 Å². The summed E-state index contributed by atoms with van der Waals surface area (Å²) >= 11 is 0. The second-order valence-electron chi connectivity index (χ2n) is 11.6. The number of carbonyl (C=O) groups is 2. The minimum atomic E-state index is -0.735. The topological polar surface area (TPSA) is 174 Å². The van der Waals surface area contributed by atoms with E-state index >= 15 is 0 Å². The molecule has 1 aliphatic rings. The van der Waals surface area contributed by atoms with E-state index in [1.807, 2.05) is 18.0 Å². The molecule has 1 aromatic carbocycles. The van der Waals surface area contributed by atoms with Crippen molar-refractivity contribution in [3.8, 4) is 11.1 Å². The van der Waals surface area contributed by atoms with E-state index in [4.69, 9.17) is 0 Å². The van der Waals surface area contributed by atoms with E-state index in [2.05, 4.69) is 39.3 Å². The molecule has 3 aromatic rings. The first-order valence-electron chi connectivity index (χ1n) is 16.4. The highest BCUT2D eigenvalue weighted by Crippen LogP contribution is 2.13. The summed E-state index contributed by atoms with van der Waals surface area (Å²) in [5.41, 5.74) is -1.09. The molecule has 0 bridgehead atoms. The van der Waals surface area contributed by atoms with Crippen molar-refractivity contribution < 1.29 is 9.59 Å². The molecule has 4 rings (SSSR count). The minimum absolute atomic E-state index is 0.284. The molecule has 0 spiro atoms. The predicted molar refractivity (Wildman–Crippen MR) is 184 cm³/mol. The van der Waals surface area contributed by atoms with Crippen LogP contribution in [0.3, 0.4) is 0 Å². The lowest BCUT2D eigenvalue weighted by Crippen LogP contribution is -2.48. The molecule has 3 heterocycles. The molecule has 256 valence electrons. The van der Waals surface area contributed by atoms with Crippen LogP contribution in [0.25, 0.3) is 11.1 Å². The zero-order chi connectivity index (χ0) is 34.2. The first-order valence-corrected chi connectivity index (χ1v) is 16.4. The van der Waals surface area contributed by atoms with Crippen LogP contribution in [0.4, 0.5) is 15.3 Å². The van der Waals surface area contributed by atoms with Gasteiger partial charge in [-0.15, -0.1) is 0 Å². The number of nitrogens with one attached hydrogen (secondary N) is 4. The standard InChI is InChI=1S/C17H21N3O3.C16H27N5O3/c1-2-3-4-8-11-18-16(22)20-12-14(15(21)19-17(20)23)13-9-6-5-7-10-13;1-3-4-5-6-7-17-15(23)21-12-13(14(22)18-16(21)24)20-10-8-19(2)9-11-20/h5-7,9-10,12H,2-4,8,11H2,1H3,(H,18,22)(H,19,21,23);12H,3-11H2,1-2H3,(H,17,23)(H,18,22,24). The van der Waals surface area contributed by atoms with Gasteiger partial charge in [-0.1, -0.05) is 82.7 Å². The van der Waals surface area contributed by atoms with E-state index in [1.165, 1.54) is 12.4 Å². The summed E-state index contributed by atoms with van der Waals surface area (Å²) in [6.07, 6.45) is 11.0. The SMILES string of the molecule is CCCCCCNC(=O)n1cc(-c2ccccc2)c(=O)[nH]c1=O.CCCCCCNC(=O)n1cc(N2CCN(C)CC2)c(=O)[nH]c1=O. The Morgan fingerprint density at radius 3 is 1.72 bits per heavy atom. The number of piperazine rings is 1. The smallest absolute Gasteiger partial charge is 0.336 e. The molecule has 1 aliphatic heterocycles. The highest BCUT2D eigenvalue weighted by Gasteiger charge is 2.19. The number of carbonyl (C=O) groups excluding carboxylic acids is 2. The zero-order valence-corrected chi connectivity index (χ0v) is 27.7. The van der Waals surface area contributed by atoms with Gasteiger partial charge in [0.15, 0.2) is 0 Å². The van der Waals surface area contributed by atoms with Crippen LogP contribution in [-0.2, 0) is 0 Å². The van der Waals surface area contributed by atoms with Gasteiger partial charge in [-0.25, -0.2) is 28.3 Å². The molecule has 0 unspecified atom stereocenters. The van der Waals surface area contributed by atoms with Crippen molar-refractivity contribution in [3.05, 3.63) is 84.4 Å². The summed E-state index contributed by atoms with van der Waals surface area (Å²) in [7, 11) is 2.02. The van der Waals surface area contributed by atoms with Crippen LogP contribution in [0.5, 0.6) is 0 Å². The van der Waals surface area contributed by atoms with Crippen LogP contribution < -0.4 is 38.0 Å². The molecule has 0 aliphatic carbocycles. The fraction of sp³-hybridized carbons (Fsp3) is 0.515. The number of amides is 2. The van der Waals surface area contributed by atoms with E-state index in [0.29, 0.717) is 37.4 Å². The number of anilines is 1. The normalized spacial score (nSPS) is 13.0. The van der Waals surface area contributed by atoms with Crippen LogP contribution in [-0.4, -0.2) is 82.4 Å². The Balaban J connectivity index is 0.000000256. The number of aromatic amines is 2. The summed E-state index contributed by atoms with van der Waals surface area (Å²) in [5.74, 6) is 0. The number of unbranched alkanes of at least 4 members (excludes halogenated alkanes) is 6. The number of hydrogen-bond acceptors (Lipinski definition) is 8. The van der Waals surface area contributed by atoms with Gasteiger partial charge in [0, 0.05) is 51.7 Å². The van der Waals surface area contributed by atoms with E-state index in [-0.39, 0.29) is 5.56 Å². The highest BCUT2D eigenvalue weighted by atomic mass is 16.2. The summed E-state index contributed by atoms with van der Waals surface area (Å²) in [4.78, 5) is 80.6. The van der Waals surface area contributed by atoms with Crippen LogP contribution in [0.1, 0.15) is 65.2 Å². The maximum atomic E-state index is 12.2. The second-order valence-corrected chi connectivity index (χ2v) is 11.6. The maximum Gasteiger partial charge on any atom is 0.336 e. The Hall–Kier alpha value is -4.72. The van der Waals surface area contributed by atoms with Crippen LogP contribution in [0.2, 0.25) is 0 Å². The van der Waals surface area contributed by atoms with E-state index < -0.39 is 34.6 Å². The van der Waals surface area contributed by atoms with Gasteiger partial charge in [0.05, 0.1) is 5.56 Å². The lowest BCUT2D eigenvalue weighted by Gasteiger charge is -2.33. The number of benzene rings is 1. The predicted octanol–water partition coefficient (Wildman–Crippen LogP) is 2.77. The van der Waals surface area contributed by atoms with Gasteiger partial charge >= 0.3 is 23.4 Å². The van der Waals surface area contributed by atoms with Crippen molar-refractivity contribution in [2.24, 2.45) is 0 Å². The Morgan fingerprint density at radius 2 is 1.19 bits per heavy atom. The fourth-order valence-electron chi connectivity index (χ4n) is 4.99. The molecule has 14 nitrogen and oxygen atoms in total. The minimum Gasteiger partial charge on any atom is -0.363 e. The Kier molecular flexibility index (Phi) is 14.9. The molecule has 0 radical (unpaired) electrons. The molecule has 1 saturated heterocycles. The van der Waals surface area contributed by atoms with Gasteiger partial charge in [0.2, 0.25) is 0 Å². The average molecular weight is 653 g/mol. The number of hydrogen-bond donors (Lipinski definition) is 4. The third kappa shape index (κ3) is 11.2. The molecule has 4 N–H and O–H groups in total. The second kappa shape index (κ2) is 19.1. The van der Waals surface area contributed by atoms with Crippen molar-refractivity contribution in [1.29, 1.82) is 0 Å². The molecule has 0 atom stereocenters. The third-order valence-corrected chi connectivity index (χ3v) is 7.84. The van der Waals surface area contributed by atoms with Crippen LogP contribution >= 0.6 is 0 Å². The first-order chi connectivity index (χ1) is 22.7. The lowest BCUT2D eigenvalue weighted by atomic mass is 10.1. The van der Waals surface area contributed by atoms with Crippen molar-refractivity contribution in [1.82, 2.24) is 34.6 Å². The zero-order valence-electron chi connectivity index (χ0n) is 27.7. The molecule has 14 heteroatoms. The van der Waals surface area contributed by atoms with E-state index in [9.17, 15) is 28.8 Å². The fourth-order valence-corrected chi connectivity index (χ4v) is 4.99. The monoisotopic (exact) mass is 652 g/mol. The van der Waals surface area contributed by atoms with Gasteiger partial charge in [-0.3, -0.25) is 19.6 Å². The lowest BCUT2D eigenvalue weighted by molar-refractivity contribution is 0.240. The summed E-state index contributed by atoms with van der Waals surface area (Å²) < 4.78 is 1.86. The van der Waals surface area contributed by atoms with Gasteiger partial charge < -0.3 is 20.4 Å². The third-order valence-electron chi connectivity index (χ3n) is 7.84. The highest BCUT2D eigenvalue weighted by molar-refractivity contribution is 5.78. The maximum absolute atomic E-state index is 12.2. The first kappa shape index (κ1) is 36.7. The molecular weight excluding hydrogens is 604 g/mol. The van der Waals surface area contributed by atoms with Crippen molar-refractivity contribution >= 4 is 17.7 Å². The van der Waals surface area contributed by atoms with Crippen molar-refractivity contribution in [2.45, 2.75) is 65.2 Å². The average Bonchev–Trinajstić information content (AvgIpc) is 3.06. The number of nitrogens with zero attached hydrogens (tertiary/aromatic N) is 4. The number of rotatable bonds is 12. The molecule has 0 saturated carbocycles. The van der Waals surface area contributed by atoms with E-state index in [0.717, 1.165) is 73.6 Å². The molecule has 1 fully saturated rings. The molecule has 2 amide bonds. The Morgan fingerprint density at radius 1 is 0.681 bits per heavy atom. The largest absolute Gasteiger partial charge is 0.363 e. The molecule has 47 heavy (non-hydrogen) atoms. The quantitative estimate of drug-likeness (QED) is 0.216. The summed E-state index contributed by atoms with van der Waals surface area (Å²) in [6.45, 7) is 8.32. The van der Waals surface area contributed by atoms with Gasteiger partial charge in [0.1, 0.15) is 5.69 Å². The number of H-pyrrole nitrogens is 2. The van der Waals surface area contributed by atoms with Crippen molar-refractivity contribution in [2.75, 3.05) is 51.2 Å². The van der Waals surface area contributed by atoms with Gasteiger partial charge in [-0.05, 0) is 25.5 Å². The van der Waals surface area contributed by atoms with Gasteiger partial charge in [0.25, 0.3) is 11.1 Å². The number of likely N-dealkylation sites (N-methyl/N-ethyl adjacent to an activating group) is 1. The molecular formula is C33H48N8O6.